The predicted molar refractivity (Wildman–Crippen MR) is 81.0 cm³/mol. The fourth-order valence-electron chi connectivity index (χ4n) is 2.18. The highest BCUT2D eigenvalue weighted by Crippen LogP contribution is 2.21. The van der Waals surface area contributed by atoms with Crippen molar-refractivity contribution in [3.63, 3.8) is 0 Å². The molecule has 0 amide bonds. The maximum atomic E-state index is 5.44. The predicted octanol–water partition coefficient (Wildman–Crippen LogP) is 3.57. The fraction of sp³-hybridized carbons (Fsp3) is 0.188. The molecule has 0 unspecified atom stereocenters. The van der Waals surface area contributed by atoms with E-state index >= 15 is 0 Å². The van der Waals surface area contributed by atoms with Crippen LogP contribution in [0, 0.1) is 0 Å². The van der Waals surface area contributed by atoms with Crippen molar-refractivity contribution in [3.8, 4) is 5.75 Å². The molecule has 0 fully saturated rings. The van der Waals surface area contributed by atoms with Gasteiger partial charge >= 0.3 is 0 Å². The molecular formula is C16H17N3O. The second-order valence-corrected chi connectivity index (χ2v) is 4.57. The standard InChI is InChI=1S/C16H17N3O/c1-2-20-14-8-6-12(7-9-14)10-17-15-5-3-4-13-11-18-19-16(13)15/h3-9,11,17H,2,10H2,1H3,(H,18,19). The first kappa shape index (κ1) is 12.5. The normalized spacial score (nSPS) is 10.7. The Morgan fingerprint density at radius 2 is 2.00 bits per heavy atom. The number of fused-ring (bicyclic) bond motifs is 1. The molecule has 2 N–H and O–H groups in total. The Morgan fingerprint density at radius 1 is 1.15 bits per heavy atom. The van der Waals surface area contributed by atoms with Gasteiger partial charge in [-0.15, -0.1) is 0 Å². The summed E-state index contributed by atoms with van der Waals surface area (Å²) < 4.78 is 5.44. The Bertz CT molecular complexity index is 688. The Labute approximate surface area is 117 Å². The minimum absolute atomic E-state index is 0.694. The van der Waals surface area contributed by atoms with Crippen LogP contribution in [0.2, 0.25) is 0 Å². The van der Waals surface area contributed by atoms with Gasteiger partial charge in [0.15, 0.2) is 0 Å². The van der Waals surface area contributed by atoms with E-state index in [1.807, 2.05) is 37.4 Å². The van der Waals surface area contributed by atoms with Gasteiger partial charge in [0.25, 0.3) is 0 Å². The lowest BCUT2D eigenvalue weighted by molar-refractivity contribution is 0.340. The van der Waals surface area contributed by atoms with Crippen LogP contribution in [0.3, 0.4) is 0 Å². The van der Waals surface area contributed by atoms with Gasteiger partial charge in [0.1, 0.15) is 5.75 Å². The third kappa shape index (κ3) is 2.59. The third-order valence-electron chi connectivity index (χ3n) is 3.19. The van der Waals surface area contributed by atoms with Gasteiger partial charge in [0, 0.05) is 11.9 Å². The van der Waals surface area contributed by atoms with Crippen LogP contribution in [0.25, 0.3) is 10.9 Å². The first-order chi connectivity index (χ1) is 9.86. The molecule has 0 aliphatic carbocycles. The van der Waals surface area contributed by atoms with Crippen LogP contribution in [0.1, 0.15) is 12.5 Å². The average Bonchev–Trinajstić information content (AvgIpc) is 2.96. The number of ether oxygens (including phenoxy) is 1. The van der Waals surface area contributed by atoms with E-state index < -0.39 is 0 Å². The minimum atomic E-state index is 0.694. The summed E-state index contributed by atoms with van der Waals surface area (Å²) in [5.74, 6) is 0.909. The zero-order valence-electron chi connectivity index (χ0n) is 11.4. The monoisotopic (exact) mass is 267 g/mol. The average molecular weight is 267 g/mol. The number of H-pyrrole nitrogens is 1. The van der Waals surface area contributed by atoms with Gasteiger partial charge in [-0.25, -0.2) is 0 Å². The molecule has 0 spiro atoms. The lowest BCUT2D eigenvalue weighted by atomic mass is 10.2. The summed E-state index contributed by atoms with van der Waals surface area (Å²) in [6.07, 6.45) is 1.83. The van der Waals surface area contributed by atoms with Crippen molar-refractivity contribution in [2.24, 2.45) is 0 Å². The van der Waals surface area contributed by atoms with E-state index in [1.165, 1.54) is 5.56 Å². The number of anilines is 1. The second kappa shape index (κ2) is 5.65. The van der Waals surface area contributed by atoms with Gasteiger partial charge in [-0.2, -0.15) is 5.10 Å². The number of nitrogens with one attached hydrogen (secondary N) is 2. The number of hydrogen-bond donors (Lipinski definition) is 2. The van der Waals surface area contributed by atoms with Crippen molar-refractivity contribution >= 4 is 16.6 Å². The smallest absolute Gasteiger partial charge is 0.119 e. The quantitative estimate of drug-likeness (QED) is 0.743. The number of para-hydroxylation sites is 1. The molecule has 0 saturated carbocycles. The van der Waals surface area contributed by atoms with Gasteiger partial charge < -0.3 is 10.1 Å². The van der Waals surface area contributed by atoms with Crippen LogP contribution in [-0.4, -0.2) is 16.8 Å². The number of aromatic nitrogens is 2. The topological polar surface area (TPSA) is 49.9 Å². The molecule has 0 bridgehead atoms. The summed E-state index contributed by atoms with van der Waals surface area (Å²) in [6.45, 7) is 3.45. The first-order valence-electron chi connectivity index (χ1n) is 6.74. The van der Waals surface area contributed by atoms with Crippen molar-refractivity contribution in [1.29, 1.82) is 0 Å². The Balaban J connectivity index is 1.71. The lowest BCUT2D eigenvalue weighted by Gasteiger charge is -2.08. The van der Waals surface area contributed by atoms with Crippen molar-refractivity contribution in [2.45, 2.75) is 13.5 Å². The maximum absolute atomic E-state index is 5.44. The molecule has 0 aliphatic rings. The molecular weight excluding hydrogens is 250 g/mol. The zero-order valence-corrected chi connectivity index (χ0v) is 11.4. The summed E-state index contributed by atoms with van der Waals surface area (Å²) in [4.78, 5) is 0. The maximum Gasteiger partial charge on any atom is 0.119 e. The SMILES string of the molecule is CCOc1ccc(CNc2cccc3cn[nH]c23)cc1. The van der Waals surface area contributed by atoms with Gasteiger partial charge in [-0.1, -0.05) is 24.3 Å². The van der Waals surface area contributed by atoms with E-state index in [0.29, 0.717) is 6.61 Å². The molecule has 3 aromatic rings. The summed E-state index contributed by atoms with van der Waals surface area (Å²) >= 11 is 0. The minimum Gasteiger partial charge on any atom is -0.494 e. The molecule has 2 aromatic carbocycles. The number of nitrogens with zero attached hydrogens (tertiary/aromatic N) is 1. The van der Waals surface area contributed by atoms with Gasteiger partial charge in [-0.3, -0.25) is 5.10 Å². The molecule has 102 valence electrons. The van der Waals surface area contributed by atoms with Crippen molar-refractivity contribution in [2.75, 3.05) is 11.9 Å². The van der Waals surface area contributed by atoms with E-state index in [9.17, 15) is 0 Å². The van der Waals surface area contributed by atoms with E-state index in [0.717, 1.165) is 28.9 Å². The third-order valence-corrected chi connectivity index (χ3v) is 3.19. The van der Waals surface area contributed by atoms with Crippen LogP contribution in [0.15, 0.2) is 48.7 Å². The van der Waals surface area contributed by atoms with Crippen molar-refractivity contribution < 1.29 is 4.74 Å². The van der Waals surface area contributed by atoms with Gasteiger partial charge in [0.05, 0.1) is 24.0 Å². The van der Waals surface area contributed by atoms with E-state index in [2.05, 4.69) is 33.7 Å². The molecule has 0 aliphatic heterocycles. The number of benzene rings is 2. The highest BCUT2D eigenvalue weighted by molar-refractivity contribution is 5.89. The van der Waals surface area contributed by atoms with Crippen molar-refractivity contribution in [3.05, 3.63) is 54.2 Å². The molecule has 3 rings (SSSR count). The number of rotatable bonds is 5. The van der Waals surface area contributed by atoms with Crippen LogP contribution >= 0.6 is 0 Å². The summed E-state index contributed by atoms with van der Waals surface area (Å²) in [6, 6.07) is 14.3. The number of aromatic amines is 1. The van der Waals surface area contributed by atoms with Gasteiger partial charge in [0.2, 0.25) is 0 Å². The molecule has 1 aromatic heterocycles. The summed E-state index contributed by atoms with van der Waals surface area (Å²) in [5.41, 5.74) is 3.32. The first-order valence-corrected chi connectivity index (χ1v) is 6.74. The molecule has 0 saturated heterocycles. The second-order valence-electron chi connectivity index (χ2n) is 4.57. The van der Waals surface area contributed by atoms with Gasteiger partial charge in [-0.05, 0) is 30.7 Å². The van der Waals surface area contributed by atoms with Crippen LogP contribution in [0.5, 0.6) is 5.75 Å². The molecule has 1 heterocycles. The lowest BCUT2D eigenvalue weighted by Crippen LogP contribution is -2.00. The largest absolute Gasteiger partial charge is 0.494 e. The fourth-order valence-corrected chi connectivity index (χ4v) is 2.18. The molecule has 4 heteroatoms. The van der Waals surface area contributed by atoms with Crippen LogP contribution in [-0.2, 0) is 6.54 Å². The highest BCUT2D eigenvalue weighted by atomic mass is 16.5. The van der Waals surface area contributed by atoms with E-state index in [-0.39, 0.29) is 0 Å². The zero-order chi connectivity index (χ0) is 13.8. The Hall–Kier alpha value is -2.49. The van der Waals surface area contributed by atoms with E-state index in [1.54, 1.807) is 0 Å². The van der Waals surface area contributed by atoms with E-state index in [4.69, 9.17) is 4.74 Å². The molecule has 0 radical (unpaired) electrons. The molecule has 0 atom stereocenters. The van der Waals surface area contributed by atoms with Crippen LogP contribution < -0.4 is 10.1 Å². The molecule has 4 nitrogen and oxygen atoms in total. The molecule has 20 heavy (non-hydrogen) atoms. The highest BCUT2D eigenvalue weighted by Gasteiger charge is 2.02. The Kier molecular flexibility index (Phi) is 3.54. The summed E-state index contributed by atoms with van der Waals surface area (Å²) in [7, 11) is 0. The van der Waals surface area contributed by atoms with Crippen molar-refractivity contribution in [1.82, 2.24) is 10.2 Å². The number of hydrogen-bond acceptors (Lipinski definition) is 3. The Morgan fingerprint density at radius 3 is 2.80 bits per heavy atom. The summed E-state index contributed by atoms with van der Waals surface area (Å²) in [5, 5.41) is 11.6. The van der Waals surface area contributed by atoms with Crippen LogP contribution in [0.4, 0.5) is 5.69 Å².